The molecule has 6 heteroatoms. The highest BCUT2D eigenvalue weighted by Crippen LogP contribution is 2.32. The highest BCUT2D eigenvalue weighted by Gasteiger charge is 2.16. The molecule has 1 aliphatic heterocycles. The molecule has 0 fully saturated rings. The summed E-state index contributed by atoms with van der Waals surface area (Å²) in [5.41, 5.74) is 6.32. The summed E-state index contributed by atoms with van der Waals surface area (Å²) in [6.45, 7) is 1.20. The molecule has 1 amide bonds. The normalized spacial score (nSPS) is 14.2. The van der Waals surface area contributed by atoms with Gasteiger partial charge in [-0.05, 0) is 24.6 Å². The molecular formula is C13H18N2O4. The molecule has 0 spiro atoms. The van der Waals surface area contributed by atoms with E-state index in [1.165, 1.54) is 0 Å². The highest BCUT2D eigenvalue weighted by molar-refractivity contribution is 5.94. The van der Waals surface area contributed by atoms with Crippen molar-refractivity contribution < 1.29 is 19.0 Å². The summed E-state index contributed by atoms with van der Waals surface area (Å²) in [5, 5.41) is 2.81. The van der Waals surface area contributed by atoms with Gasteiger partial charge >= 0.3 is 0 Å². The molecule has 6 nitrogen and oxygen atoms in total. The maximum atomic E-state index is 11.9. The smallest absolute Gasteiger partial charge is 0.251 e. The predicted molar refractivity (Wildman–Crippen MR) is 69.4 cm³/mol. The van der Waals surface area contributed by atoms with E-state index in [2.05, 4.69) is 5.32 Å². The predicted octanol–water partition coefficient (Wildman–Crippen LogP) is 0.509. The van der Waals surface area contributed by atoms with E-state index in [0.717, 1.165) is 0 Å². The van der Waals surface area contributed by atoms with Gasteiger partial charge < -0.3 is 25.3 Å². The fourth-order valence-corrected chi connectivity index (χ4v) is 1.81. The zero-order chi connectivity index (χ0) is 13.7. The van der Waals surface area contributed by atoms with Gasteiger partial charge in [-0.3, -0.25) is 4.79 Å². The van der Waals surface area contributed by atoms with Crippen molar-refractivity contribution in [3.8, 4) is 11.5 Å². The van der Waals surface area contributed by atoms with E-state index in [1.54, 1.807) is 25.3 Å². The van der Waals surface area contributed by atoms with Gasteiger partial charge in [0, 0.05) is 25.3 Å². The molecule has 1 unspecified atom stereocenters. The molecule has 1 atom stereocenters. The minimum atomic E-state index is -0.150. The summed E-state index contributed by atoms with van der Waals surface area (Å²) in [7, 11) is 1.60. The van der Waals surface area contributed by atoms with Gasteiger partial charge in [0.15, 0.2) is 11.5 Å². The number of rotatable bonds is 6. The first-order valence-corrected chi connectivity index (χ1v) is 6.13. The molecule has 0 aliphatic carbocycles. The molecule has 1 aliphatic rings. The average molecular weight is 266 g/mol. The molecular weight excluding hydrogens is 248 g/mol. The first kappa shape index (κ1) is 13.6. The number of benzene rings is 1. The quantitative estimate of drug-likeness (QED) is 0.784. The Kier molecular flexibility index (Phi) is 4.59. The number of nitrogens with two attached hydrogens (primary N) is 1. The molecule has 3 N–H and O–H groups in total. The molecule has 0 saturated carbocycles. The second-order valence-electron chi connectivity index (χ2n) is 4.33. The van der Waals surface area contributed by atoms with E-state index in [0.29, 0.717) is 36.6 Å². The molecule has 0 saturated heterocycles. The Labute approximate surface area is 111 Å². The third kappa shape index (κ3) is 3.59. The number of carbonyl (C=O) groups is 1. The lowest BCUT2D eigenvalue weighted by molar-refractivity contribution is 0.0949. The maximum absolute atomic E-state index is 11.9. The van der Waals surface area contributed by atoms with E-state index in [-0.39, 0.29) is 18.7 Å². The number of nitrogens with one attached hydrogen (secondary N) is 1. The zero-order valence-corrected chi connectivity index (χ0v) is 10.8. The Morgan fingerprint density at radius 1 is 1.47 bits per heavy atom. The lowest BCUT2D eigenvalue weighted by atomic mass is 10.2. The highest BCUT2D eigenvalue weighted by atomic mass is 16.7. The Bertz CT molecular complexity index is 450. The minimum Gasteiger partial charge on any atom is -0.454 e. The summed E-state index contributed by atoms with van der Waals surface area (Å²) in [5.74, 6) is 1.12. The molecule has 0 radical (unpaired) electrons. The van der Waals surface area contributed by atoms with Gasteiger partial charge in [0.25, 0.3) is 5.91 Å². The lowest BCUT2D eigenvalue weighted by Crippen LogP contribution is -2.32. The largest absolute Gasteiger partial charge is 0.454 e. The minimum absolute atomic E-state index is 0.0675. The van der Waals surface area contributed by atoms with E-state index >= 15 is 0 Å². The van der Waals surface area contributed by atoms with Gasteiger partial charge in [-0.2, -0.15) is 0 Å². The van der Waals surface area contributed by atoms with Gasteiger partial charge in [0.05, 0.1) is 6.61 Å². The van der Waals surface area contributed by atoms with Crippen molar-refractivity contribution in [1.82, 2.24) is 5.32 Å². The number of fused-ring (bicyclic) bond motifs is 1. The number of ether oxygens (including phenoxy) is 3. The zero-order valence-electron chi connectivity index (χ0n) is 10.8. The third-order valence-electron chi connectivity index (χ3n) is 2.82. The van der Waals surface area contributed by atoms with Crippen LogP contribution in [-0.2, 0) is 4.74 Å². The van der Waals surface area contributed by atoms with Crippen LogP contribution in [0.4, 0.5) is 0 Å². The topological polar surface area (TPSA) is 82.8 Å². The fourth-order valence-electron chi connectivity index (χ4n) is 1.81. The van der Waals surface area contributed by atoms with Crippen LogP contribution < -0.4 is 20.5 Å². The van der Waals surface area contributed by atoms with Crippen molar-refractivity contribution in [3.05, 3.63) is 23.8 Å². The molecule has 0 aromatic heterocycles. The van der Waals surface area contributed by atoms with Gasteiger partial charge in [-0.1, -0.05) is 0 Å². The van der Waals surface area contributed by atoms with Gasteiger partial charge in [0.2, 0.25) is 6.79 Å². The summed E-state index contributed by atoms with van der Waals surface area (Å²) >= 11 is 0. The Hall–Kier alpha value is -1.79. The van der Waals surface area contributed by atoms with E-state index in [9.17, 15) is 4.79 Å². The second-order valence-corrected chi connectivity index (χ2v) is 4.33. The summed E-state index contributed by atoms with van der Waals surface area (Å²) in [6.07, 6.45) is 0.671. The number of hydrogen-bond acceptors (Lipinski definition) is 5. The monoisotopic (exact) mass is 266 g/mol. The number of methoxy groups -OCH3 is 1. The molecule has 1 heterocycles. The van der Waals surface area contributed by atoms with Crippen LogP contribution in [0.25, 0.3) is 0 Å². The van der Waals surface area contributed by atoms with E-state index in [4.69, 9.17) is 19.9 Å². The molecule has 19 heavy (non-hydrogen) atoms. The SMILES string of the molecule is COCC(N)CCNC(=O)c1ccc2c(c1)OCO2. The number of carbonyl (C=O) groups excluding carboxylic acids is 1. The first-order chi connectivity index (χ1) is 9.20. The van der Waals surface area contributed by atoms with E-state index in [1.807, 2.05) is 0 Å². The number of amides is 1. The molecule has 1 aromatic rings. The van der Waals surface area contributed by atoms with Crippen LogP contribution in [0.5, 0.6) is 11.5 Å². The maximum Gasteiger partial charge on any atom is 0.251 e. The Balaban J connectivity index is 1.83. The fraction of sp³-hybridized carbons (Fsp3) is 0.462. The van der Waals surface area contributed by atoms with Crippen LogP contribution in [0, 0.1) is 0 Å². The van der Waals surface area contributed by atoms with Crippen molar-refractivity contribution >= 4 is 5.91 Å². The van der Waals surface area contributed by atoms with Crippen molar-refractivity contribution in [2.45, 2.75) is 12.5 Å². The van der Waals surface area contributed by atoms with Crippen molar-refractivity contribution in [2.24, 2.45) is 5.73 Å². The molecule has 104 valence electrons. The van der Waals surface area contributed by atoms with Crippen LogP contribution in [0.3, 0.4) is 0 Å². The van der Waals surface area contributed by atoms with Gasteiger partial charge in [-0.25, -0.2) is 0 Å². The number of hydrogen-bond donors (Lipinski definition) is 2. The third-order valence-corrected chi connectivity index (χ3v) is 2.82. The van der Waals surface area contributed by atoms with Crippen molar-refractivity contribution in [1.29, 1.82) is 0 Å². The first-order valence-electron chi connectivity index (χ1n) is 6.13. The van der Waals surface area contributed by atoms with Gasteiger partial charge in [-0.15, -0.1) is 0 Å². The lowest BCUT2D eigenvalue weighted by Gasteiger charge is -2.11. The van der Waals surface area contributed by atoms with Crippen LogP contribution in [0.2, 0.25) is 0 Å². The van der Waals surface area contributed by atoms with Crippen LogP contribution in [0.15, 0.2) is 18.2 Å². The van der Waals surface area contributed by atoms with Gasteiger partial charge in [0.1, 0.15) is 0 Å². The Morgan fingerprint density at radius 2 is 2.26 bits per heavy atom. The van der Waals surface area contributed by atoms with Crippen LogP contribution in [-0.4, -0.2) is 39.0 Å². The molecule has 1 aromatic carbocycles. The standard InChI is InChI=1S/C13H18N2O4/c1-17-7-10(14)4-5-15-13(16)9-2-3-11-12(6-9)19-8-18-11/h2-3,6,10H,4-5,7-8,14H2,1H3,(H,15,16). The summed E-state index contributed by atoms with van der Waals surface area (Å²) < 4.78 is 15.3. The van der Waals surface area contributed by atoms with E-state index < -0.39 is 0 Å². The summed E-state index contributed by atoms with van der Waals surface area (Å²) in [4.78, 5) is 11.9. The van der Waals surface area contributed by atoms with Crippen molar-refractivity contribution in [2.75, 3.05) is 27.1 Å². The van der Waals surface area contributed by atoms with Crippen molar-refractivity contribution in [3.63, 3.8) is 0 Å². The molecule has 0 bridgehead atoms. The average Bonchev–Trinajstić information content (AvgIpc) is 2.86. The molecule has 2 rings (SSSR count). The Morgan fingerprint density at radius 3 is 3.05 bits per heavy atom. The second kappa shape index (κ2) is 6.40. The summed E-state index contributed by atoms with van der Waals surface area (Å²) in [6, 6.07) is 5.04. The van der Waals surface area contributed by atoms with Crippen LogP contribution >= 0.6 is 0 Å². The van der Waals surface area contributed by atoms with Crippen LogP contribution in [0.1, 0.15) is 16.8 Å².